The van der Waals surface area contributed by atoms with Gasteiger partial charge in [0.25, 0.3) is 0 Å². The standard InChI is InChI=1S/C8H10N2O2/c1-4-2-7(10-9-4)5-3-6(5)8(11)12/h2,5-6H,3H2,1H3,(H,9,10)(H,11,12). The number of carbonyl (C=O) groups is 1. The molecule has 4 nitrogen and oxygen atoms in total. The van der Waals surface area contributed by atoms with E-state index in [2.05, 4.69) is 10.2 Å². The molecule has 0 aliphatic heterocycles. The first-order valence-corrected chi connectivity index (χ1v) is 3.93. The summed E-state index contributed by atoms with van der Waals surface area (Å²) in [7, 11) is 0. The number of aryl methyl sites for hydroxylation is 1. The number of aliphatic carboxylic acids is 1. The van der Waals surface area contributed by atoms with Gasteiger partial charge in [-0.15, -0.1) is 0 Å². The van der Waals surface area contributed by atoms with Gasteiger partial charge in [-0.25, -0.2) is 0 Å². The molecule has 2 N–H and O–H groups in total. The molecule has 1 aliphatic carbocycles. The summed E-state index contributed by atoms with van der Waals surface area (Å²) in [6.45, 7) is 1.91. The molecule has 64 valence electrons. The van der Waals surface area contributed by atoms with Crippen molar-refractivity contribution < 1.29 is 9.90 Å². The van der Waals surface area contributed by atoms with Gasteiger partial charge in [-0.05, 0) is 19.4 Å². The van der Waals surface area contributed by atoms with Gasteiger partial charge in [0.05, 0.1) is 11.6 Å². The summed E-state index contributed by atoms with van der Waals surface area (Å²) in [6, 6.07) is 1.91. The van der Waals surface area contributed by atoms with Gasteiger partial charge in [0.1, 0.15) is 0 Å². The minimum Gasteiger partial charge on any atom is -0.481 e. The number of carboxylic acids is 1. The van der Waals surface area contributed by atoms with Gasteiger partial charge in [0.2, 0.25) is 0 Å². The summed E-state index contributed by atoms with van der Waals surface area (Å²) in [6.07, 6.45) is 0.736. The maximum Gasteiger partial charge on any atom is 0.307 e. The van der Waals surface area contributed by atoms with Crippen LogP contribution in [0.25, 0.3) is 0 Å². The van der Waals surface area contributed by atoms with Gasteiger partial charge in [-0.2, -0.15) is 5.10 Å². The lowest BCUT2D eigenvalue weighted by Gasteiger charge is -1.87. The first-order valence-electron chi connectivity index (χ1n) is 3.93. The van der Waals surface area contributed by atoms with Gasteiger partial charge in [0, 0.05) is 11.6 Å². The van der Waals surface area contributed by atoms with Gasteiger partial charge in [-0.1, -0.05) is 0 Å². The Kier molecular flexibility index (Phi) is 1.43. The quantitative estimate of drug-likeness (QED) is 0.686. The molecule has 2 unspecified atom stereocenters. The fourth-order valence-electron chi connectivity index (χ4n) is 1.42. The number of nitrogens with zero attached hydrogens (tertiary/aromatic N) is 1. The fraction of sp³-hybridized carbons (Fsp3) is 0.500. The molecule has 1 aromatic rings. The van der Waals surface area contributed by atoms with E-state index in [1.54, 1.807) is 0 Å². The van der Waals surface area contributed by atoms with Crippen LogP contribution < -0.4 is 0 Å². The second-order valence-electron chi connectivity index (χ2n) is 3.26. The second kappa shape index (κ2) is 2.33. The van der Waals surface area contributed by atoms with Crippen molar-refractivity contribution >= 4 is 5.97 Å². The number of aromatic nitrogens is 2. The highest BCUT2D eigenvalue weighted by Crippen LogP contribution is 2.46. The summed E-state index contributed by atoms with van der Waals surface area (Å²) >= 11 is 0. The van der Waals surface area contributed by atoms with Crippen molar-refractivity contribution in [3.63, 3.8) is 0 Å². The van der Waals surface area contributed by atoms with Crippen LogP contribution in [0.2, 0.25) is 0 Å². The second-order valence-corrected chi connectivity index (χ2v) is 3.26. The summed E-state index contributed by atoms with van der Waals surface area (Å²) in [5.41, 5.74) is 1.88. The molecule has 0 aromatic carbocycles. The van der Waals surface area contributed by atoms with Crippen LogP contribution in [0, 0.1) is 12.8 Å². The van der Waals surface area contributed by atoms with Crippen molar-refractivity contribution in [3.8, 4) is 0 Å². The minimum atomic E-state index is -0.708. The van der Waals surface area contributed by atoms with E-state index >= 15 is 0 Å². The molecular formula is C8H10N2O2. The number of H-pyrrole nitrogens is 1. The Bertz CT molecular complexity index is 319. The lowest BCUT2D eigenvalue weighted by atomic mass is 10.2. The molecule has 0 bridgehead atoms. The van der Waals surface area contributed by atoms with E-state index in [0.29, 0.717) is 0 Å². The Balaban J connectivity index is 2.10. The normalized spacial score (nSPS) is 27.1. The molecule has 12 heavy (non-hydrogen) atoms. The molecular weight excluding hydrogens is 156 g/mol. The Morgan fingerprint density at radius 1 is 1.83 bits per heavy atom. The van der Waals surface area contributed by atoms with E-state index in [1.807, 2.05) is 13.0 Å². The summed E-state index contributed by atoms with van der Waals surface area (Å²) in [5, 5.41) is 15.5. The van der Waals surface area contributed by atoms with E-state index in [9.17, 15) is 4.79 Å². The molecule has 1 fully saturated rings. The largest absolute Gasteiger partial charge is 0.481 e. The number of hydrogen-bond donors (Lipinski definition) is 2. The topological polar surface area (TPSA) is 66.0 Å². The molecule has 0 amide bonds. The monoisotopic (exact) mass is 166 g/mol. The van der Waals surface area contributed by atoms with Crippen molar-refractivity contribution in [3.05, 3.63) is 17.5 Å². The molecule has 4 heteroatoms. The molecule has 0 saturated heterocycles. The van der Waals surface area contributed by atoms with E-state index in [4.69, 9.17) is 5.11 Å². The molecule has 1 aromatic heterocycles. The van der Waals surface area contributed by atoms with Crippen molar-refractivity contribution in [1.29, 1.82) is 0 Å². The van der Waals surface area contributed by atoms with E-state index in [-0.39, 0.29) is 11.8 Å². The number of hydrogen-bond acceptors (Lipinski definition) is 2. The Morgan fingerprint density at radius 2 is 2.58 bits per heavy atom. The molecule has 1 aliphatic rings. The maximum absolute atomic E-state index is 10.5. The third-order valence-electron chi connectivity index (χ3n) is 2.21. The van der Waals surface area contributed by atoms with Gasteiger partial charge >= 0.3 is 5.97 Å². The zero-order valence-electron chi connectivity index (χ0n) is 6.74. The first-order chi connectivity index (χ1) is 5.68. The van der Waals surface area contributed by atoms with Crippen molar-refractivity contribution in [2.24, 2.45) is 5.92 Å². The summed E-state index contributed by atoms with van der Waals surface area (Å²) in [5.74, 6) is -0.763. The molecule has 0 radical (unpaired) electrons. The van der Waals surface area contributed by atoms with Crippen LogP contribution in [-0.2, 0) is 4.79 Å². The minimum absolute atomic E-state index is 0.146. The van der Waals surface area contributed by atoms with Crippen LogP contribution in [0.1, 0.15) is 23.7 Å². The number of rotatable bonds is 2. The maximum atomic E-state index is 10.5. The van der Waals surface area contributed by atoms with Crippen molar-refractivity contribution in [2.75, 3.05) is 0 Å². The van der Waals surface area contributed by atoms with Crippen LogP contribution >= 0.6 is 0 Å². The van der Waals surface area contributed by atoms with Crippen LogP contribution in [-0.4, -0.2) is 21.3 Å². The average molecular weight is 166 g/mol. The van der Waals surface area contributed by atoms with E-state index in [1.165, 1.54) is 0 Å². The van der Waals surface area contributed by atoms with Crippen LogP contribution in [0.4, 0.5) is 0 Å². The lowest BCUT2D eigenvalue weighted by molar-refractivity contribution is -0.138. The molecule has 1 saturated carbocycles. The number of carboxylic acid groups (broad SMARTS) is 1. The Hall–Kier alpha value is -1.32. The van der Waals surface area contributed by atoms with E-state index < -0.39 is 5.97 Å². The van der Waals surface area contributed by atoms with Crippen molar-refractivity contribution in [1.82, 2.24) is 10.2 Å². The van der Waals surface area contributed by atoms with Crippen LogP contribution in [0.5, 0.6) is 0 Å². The lowest BCUT2D eigenvalue weighted by Crippen LogP contribution is -1.98. The van der Waals surface area contributed by atoms with Gasteiger partial charge in [-0.3, -0.25) is 9.89 Å². The molecule has 0 spiro atoms. The summed E-state index contributed by atoms with van der Waals surface area (Å²) in [4.78, 5) is 10.5. The SMILES string of the molecule is Cc1cc(C2CC2C(=O)O)n[nH]1. The summed E-state index contributed by atoms with van der Waals surface area (Å²) < 4.78 is 0. The number of aromatic amines is 1. The van der Waals surface area contributed by atoms with Crippen LogP contribution in [0.15, 0.2) is 6.07 Å². The smallest absolute Gasteiger partial charge is 0.307 e. The van der Waals surface area contributed by atoms with Gasteiger partial charge < -0.3 is 5.11 Å². The Morgan fingerprint density at radius 3 is 3.00 bits per heavy atom. The molecule has 1 heterocycles. The third kappa shape index (κ3) is 1.09. The highest BCUT2D eigenvalue weighted by Gasteiger charge is 2.45. The van der Waals surface area contributed by atoms with E-state index in [0.717, 1.165) is 17.8 Å². The zero-order chi connectivity index (χ0) is 8.72. The Labute approximate surface area is 69.6 Å². The zero-order valence-corrected chi connectivity index (χ0v) is 6.74. The molecule has 2 rings (SSSR count). The van der Waals surface area contributed by atoms with Gasteiger partial charge in [0.15, 0.2) is 0 Å². The highest BCUT2D eigenvalue weighted by molar-refractivity contribution is 5.75. The first kappa shape index (κ1) is 7.34. The predicted molar refractivity (Wildman–Crippen MR) is 41.8 cm³/mol. The van der Waals surface area contributed by atoms with Crippen molar-refractivity contribution in [2.45, 2.75) is 19.3 Å². The highest BCUT2D eigenvalue weighted by atomic mass is 16.4. The van der Waals surface area contributed by atoms with Crippen LogP contribution in [0.3, 0.4) is 0 Å². The number of nitrogens with one attached hydrogen (secondary N) is 1. The molecule has 2 atom stereocenters. The third-order valence-corrected chi connectivity index (χ3v) is 2.21. The fourth-order valence-corrected chi connectivity index (χ4v) is 1.42. The predicted octanol–water partition coefficient (Wildman–Crippen LogP) is 0.906. The average Bonchev–Trinajstić information content (AvgIpc) is 2.70.